The van der Waals surface area contributed by atoms with Crippen LogP contribution in [0, 0.1) is 23.7 Å². The summed E-state index contributed by atoms with van der Waals surface area (Å²) in [7, 11) is 0. The molecule has 1 saturated heterocycles. The minimum absolute atomic E-state index is 0.0132. The normalized spacial score (nSPS) is 23.2. The number of carbonyl (C=O) groups excluding carboxylic acids is 6. The molecule has 1 unspecified atom stereocenters. The third kappa shape index (κ3) is 9.91. The number of Topliss-reactive ketones (excluding diaryl/α,β-unsaturated/α-hetero) is 1. The van der Waals surface area contributed by atoms with Gasteiger partial charge in [0.25, 0.3) is 11.8 Å². The Kier molecular flexibility index (Phi) is 13.6. The SMILES string of the molecule is CCCC(NC(=O)[C@@H]1[C@@H](C2CCCCC2)CCN1C(=O)[C@@H](NC(=O)[C@@H](NC(=O)c1cnccn1)C1CCCCC1)C(C)C)C(=O)C(=O)NC1CC1. The zero-order valence-corrected chi connectivity index (χ0v) is 30.5. The average molecular weight is 708 g/mol. The second-order valence-corrected chi connectivity index (χ2v) is 15.5. The summed E-state index contributed by atoms with van der Waals surface area (Å²) in [5.41, 5.74) is 0.104. The Morgan fingerprint density at radius 2 is 1.53 bits per heavy atom. The van der Waals surface area contributed by atoms with Gasteiger partial charge in [-0.1, -0.05) is 78.6 Å². The summed E-state index contributed by atoms with van der Waals surface area (Å²) >= 11 is 0. The van der Waals surface area contributed by atoms with Gasteiger partial charge >= 0.3 is 0 Å². The lowest BCUT2D eigenvalue weighted by Crippen LogP contribution is -2.61. The van der Waals surface area contributed by atoms with E-state index < -0.39 is 53.6 Å². The molecule has 1 aromatic heterocycles. The summed E-state index contributed by atoms with van der Waals surface area (Å²) in [6, 6.07) is -3.62. The third-order valence-corrected chi connectivity index (χ3v) is 11.3. The van der Waals surface area contributed by atoms with Crippen LogP contribution in [-0.2, 0) is 24.0 Å². The molecule has 13 heteroatoms. The van der Waals surface area contributed by atoms with Crippen molar-refractivity contribution in [3.8, 4) is 0 Å². The van der Waals surface area contributed by atoms with E-state index in [2.05, 4.69) is 31.2 Å². The van der Waals surface area contributed by atoms with Gasteiger partial charge in [-0.3, -0.25) is 33.8 Å². The molecule has 51 heavy (non-hydrogen) atoms. The molecule has 1 aliphatic heterocycles. The molecule has 0 spiro atoms. The van der Waals surface area contributed by atoms with Crippen LogP contribution in [0.4, 0.5) is 0 Å². The van der Waals surface area contributed by atoms with Gasteiger partial charge in [-0.05, 0) is 62.2 Å². The number of rotatable bonds is 15. The number of hydrogen-bond donors (Lipinski definition) is 4. The molecular weight excluding hydrogens is 650 g/mol. The molecule has 280 valence electrons. The summed E-state index contributed by atoms with van der Waals surface area (Å²) in [6.07, 6.45) is 17.2. The van der Waals surface area contributed by atoms with Gasteiger partial charge in [-0.25, -0.2) is 4.98 Å². The number of carbonyl (C=O) groups is 6. The number of nitrogens with zero attached hydrogens (tertiary/aromatic N) is 3. The maximum atomic E-state index is 14.6. The molecule has 0 bridgehead atoms. The fraction of sp³-hybridized carbons (Fsp3) is 0.737. The topological polar surface area (TPSA) is 180 Å². The number of aromatic nitrogens is 2. The standard InChI is InChI=1S/C38H57N7O6/c1-4-11-28(33(46)37(50)41-26-16-17-26)42-36(49)32-27(24-12-7-5-8-13-24)18-21-45(32)38(51)30(23(2)3)43-35(48)31(25-14-9-6-10-15-25)44-34(47)29-22-39-19-20-40-29/h19-20,22-28,30-32H,4-18,21H2,1-3H3,(H,41,50)(H,42,49)(H,43,48)(H,44,47)/t27-,28?,30+,31+,32+/m1/s1. The third-order valence-electron chi connectivity index (χ3n) is 11.3. The first kappa shape index (κ1) is 38.3. The van der Waals surface area contributed by atoms with Crippen LogP contribution in [0.25, 0.3) is 0 Å². The van der Waals surface area contributed by atoms with Crippen LogP contribution in [0.1, 0.15) is 128 Å². The van der Waals surface area contributed by atoms with Crippen molar-refractivity contribution in [1.29, 1.82) is 0 Å². The Labute approximate surface area is 301 Å². The monoisotopic (exact) mass is 707 g/mol. The van der Waals surface area contributed by atoms with E-state index in [0.717, 1.165) is 77.0 Å². The number of nitrogens with one attached hydrogen (secondary N) is 4. The first-order chi connectivity index (χ1) is 24.6. The van der Waals surface area contributed by atoms with E-state index in [4.69, 9.17) is 0 Å². The molecule has 4 aliphatic rings. The van der Waals surface area contributed by atoms with E-state index in [1.807, 2.05) is 20.8 Å². The highest BCUT2D eigenvalue weighted by Gasteiger charge is 2.48. The summed E-state index contributed by atoms with van der Waals surface area (Å²) in [4.78, 5) is 91.8. The summed E-state index contributed by atoms with van der Waals surface area (Å²) < 4.78 is 0. The summed E-state index contributed by atoms with van der Waals surface area (Å²) in [6.45, 7) is 5.96. The first-order valence-corrected chi connectivity index (χ1v) is 19.4. The minimum atomic E-state index is -0.986. The first-order valence-electron chi connectivity index (χ1n) is 19.4. The van der Waals surface area contributed by atoms with Crippen LogP contribution in [0.5, 0.6) is 0 Å². The molecule has 5 amide bonds. The Hall–Kier alpha value is -3.90. The lowest BCUT2D eigenvalue weighted by Gasteiger charge is -2.37. The predicted octanol–water partition coefficient (Wildman–Crippen LogP) is 3.23. The maximum absolute atomic E-state index is 14.6. The minimum Gasteiger partial charge on any atom is -0.347 e. The molecule has 2 heterocycles. The largest absolute Gasteiger partial charge is 0.347 e. The highest BCUT2D eigenvalue weighted by molar-refractivity contribution is 6.38. The van der Waals surface area contributed by atoms with E-state index in [1.54, 1.807) is 4.90 Å². The fourth-order valence-corrected chi connectivity index (χ4v) is 8.34. The zero-order valence-electron chi connectivity index (χ0n) is 30.5. The molecule has 0 aromatic carbocycles. The Balaban J connectivity index is 1.36. The number of likely N-dealkylation sites (tertiary alicyclic amines) is 1. The van der Waals surface area contributed by atoms with Crippen LogP contribution < -0.4 is 21.3 Å². The molecule has 4 N–H and O–H groups in total. The average Bonchev–Trinajstić information content (AvgIpc) is 3.85. The molecule has 4 fully saturated rings. The van der Waals surface area contributed by atoms with E-state index in [-0.39, 0.29) is 41.3 Å². The molecule has 5 atom stereocenters. The molecule has 1 aromatic rings. The second-order valence-electron chi connectivity index (χ2n) is 15.5. The Morgan fingerprint density at radius 1 is 0.843 bits per heavy atom. The van der Waals surface area contributed by atoms with Crippen LogP contribution in [-0.4, -0.2) is 86.9 Å². The van der Waals surface area contributed by atoms with Gasteiger partial charge in [-0.2, -0.15) is 0 Å². The smallest absolute Gasteiger partial charge is 0.289 e. The molecular formula is C38H57N7O6. The van der Waals surface area contributed by atoms with Crippen LogP contribution in [0.3, 0.4) is 0 Å². The van der Waals surface area contributed by atoms with Crippen molar-refractivity contribution < 1.29 is 28.8 Å². The van der Waals surface area contributed by atoms with Gasteiger partial charge in [0.15, 0.2) is 0 Å². The molecule has 5 rings (SSSR count). The summed E-state index contributed by atoms with van der Waals surface area (Å²) in [5.74, 6) is -3.33. The maximum Gasteiger partial charge on any atom is 0.289 e. The molecule has 3 aliphatic carbocycles. The van der Waals surface area contributed by atoms with Crippen molar-refractivity contribution in [3.63, 3.8) is 0 Å². The number of ketones is 1. The van der Waals surface area contributed by atoms with E-state index >= 15 is 0 Å². The van der Waals surface area contributed by atoms with Gasteiger partial charge in [-0.15, -0.1) is 0 Å². The molecule has 3 saturated carbocycles. The zero-order chi connectivity index (χ0) is 36.5. The lowest BCUT2D eigenvalue weighted by atomic mass is 9.76. The molecule has 0 radical (unpaired) electrons. The van der Waals surface area contributed by atoms with Crippen molar-refractivity contribution in [2.75, 3.05) is 6.54 Å². The van der Waals surface area contributed by atoms with Gasteiger partial charge in [0.2, 0.25) is 23.5 Å². The van der Waals surface area contributed by atoms with Gasteiger partial charge in [0, 0.05) is 25.0 Å². The lowest BCUT2D eigenvalue weighted by molar-refractivity contribution is -0.145. The van der Waals surface area contributed by atoms with Crippen molar-refractivity contribution in [3.05, 3.63) is 24.3 Å². The quantitative estimate of drug-likeness (QED) is 0.201. The van der Waals surface area contributed by atoms with Crippen LogP contribution >= 0.6 is 0 Å². The van der Waals surface area contributed by atoms with Crippen LogP contribution in [0.2, 0.25) is 0 Å². The van der Waals surface area contributed by atoms with E-state index in [0.29, 0.717) is 25.8 Å². The Morgan fingerprint density at radius 3 is 2.14 bits per heavy atom. The highest BCUT2D eigenvalue weighted by atomic mass is 16.2. The van der Waals surface area contributed by atoms with Crippen molar-refractivity contribution in [2.45, 2.75) is 147 Å². The van der Waals surface area contributed by atoms with Crippen molar-refractivity contribution in [1.82, 2.24) is 36.1 Å². The number of hydrogen-bond acceptors (Lipinski definition) is 8. The molecule has 13 nitrogen and oxygen atoms in total. The predicted molar refractivity (Wildman–Crippen MR) is 190 cm³/mol. The Bertz CT molecular complexity index is 1390. The van der Waals surface area contributed by atoms with Gasteiger partial charge in [0.1, 0.15) is 23.8 Å². The van der Waals surface area contributed by atoms with E-state index in [9.17, 15) is 28.8 Å². The van der Waals surface area contributed by atoms with Crippen molar-refractivity contribution >= 4 is 35.3 Å². The number of amides is 5. The second kappa shape index (κ2) is 18.0. The fourth-order valence-electron chi connectivity index (χ4n) is 8.34. The van der Waals surface area contributed by atoms with Gasteiger partial charge < -0.3 is 26.2 Å². The van der Waals surface area contributed by atoms with E-state index in [1.165, 1.54) is 18.6 Å². The van der Waals surface area contributed by atoms with Crippen LogP contribution in [0.15, 0.2) is 18.6 Å². The highest BCUT2D eigenvalue weighted by Crippen LogP contribution is 2.39. The van der Waals surface area contributed by atoms with Gasteiger partial charge in [0.05, 0.1) is 12.2 Å². The van der Waals surface area contributed by atoms with Crippen molar-refractivity contribution in [2.24, 2.45) is 23.7 Å². The summed E-state index contributed by atoms with van der Waals surface area (Å²) in [5, 5.41) is 11.5.